The molecule has 0 saturated heterocycles. The Morgan fingerprint density at radius 3 is 2.55 bits per heavy atom. The summed E-state index contributed by atoms with van der Waals surface area (Å²) >= 11 is 0. The van der Waals surface area contributed by atoms with E-state index in [2.05, 4.69) is 5.32 Å². The van der Waals surface area contributed by atoms with E-state index in [9.17, 15) is 9.59 Å². The summed E-state index contributed by atoms with van der Waals surface area (Å²) in [4.78, 5) is 21.7. The third-order valence-corrected chi connectivity index (χ3v) is 2.67. The largest absolute Gasteiger partial charge is 0.479 e. The summed E-state index contributed by atoms with van der Waals surface area (Å²) in [5, 5.41) is 20.1. The van der Waals surface area contributed by atoms with Crippen LogP contribution in [0.25, 0.3) is 0 Å². The van der Waals surface area contributed by atoms with Crippen LogP contribution in [0.4, 0.5) is 4.79 Å². The minimum Gasteiger partial charge on any atom is -0.479 e. The van der Waals surface area contributed by atoms with E-state index in [1.807, 2.05) is 30.3 Å². The van der Waals surface area contributed by atoms with Crippen LogP contribution in [0.3, 0.4) is 0 Å². The molecule has 0 spiro atoms. The molecular weight excluding hydrogens is 262 g/mol. The maximum Gasteiger partial charge on any atom is 0.407 e. The Labute approximate surface area is 117 Å². The number of nitrogens with one attached hydrogen (secondary N) is 1. The molecule has 0 bridgehead atoms. The second kappa shape index (κ2) is 8.92. The fourth-order valence-electron chi connectivity index (χ4n) is 1.55. The lowest BCUT2D eigenvalue weighted by molar-refractivity contribution is -0.146. The first-order chi connectivity index (χ1) is 9.59. The summed E-state index contributed by atoms with van der Waals surface area (Å²) in [6.45, 7) is 0.602. The monoisotopic (exact) mass is 281 g/mol. The fraction of sp³-hybridized carbons (Fsp3) is 0.429. The second-order valence-electron chi connectivity index (χ2n) is 4.34. The Balaban J connectivity index is 2.05. The van der Waals surface area contributed by atoms with E-state index >= 15 is 0 Å². The van der Waals surface area contributed by atoms with E-state index < -0.39 is 18.2 Å². The zero-order valence-corrected chi connectivity index (χ0v) is 11.1. The van der Waals surface area contributed by atoms with Gasteiger partial charge in [0.1, 0.15) is 6.61 Å². The molecule has 0 aliphatic carbocycles. The van der Waals surface area contributed by atoms with Gasteiger partial charge in [-0.05, 0) is 24.8 Å². The average molecular weight is 281 g/mol. The number of carboxylic acid groups (broad SMARTS) is 1. The van der Waals surface area contributed by atoms with E-state index in [0.29, 0.717) is 19.4 Å². The number of alkyl carbamates (subject to hydrolysis) is 1. The van der Waals surface area contributed by atoms with Crippen molar-refractivity contribution in [2.24, 2.45) is 0 Å². The molecule has 6 heteroatoms. The Morgan fingerprint density at radius 2 is 1.90 bits per heavy atom. The number of hydrogen-bond acceptors (Lipinski definition) is 4. The number of ether oxygens (including phenoxy) is 1. The Morgan fingerprint density at radius 1 is 1.20 bits per heavy atom. The van der Waals surface area contributed by atoms with Crippen molar-refractivity contribution in [2.45, 2.75) is 32.0 Å². The first kappa shape index (κ1) is 16.0. The van der Waals surface area contributed by atoms with Crippen molar-refractivity contribution in [1.29, 1.82) is 0 Å². The molecule has 1 atom stereocenters. The molecule has 0 saturated carbocycles. The third-order valence-electron chi connectivity index (χ3n) is 2.67. The van der Waals surface area contributed by atoms with Crippen molar-refractivity contribution in [3.05, 3.63) is 35.9 Å². The molecule has 0 aliphatic rings. The van der Waals surface area contributed by atoms with E-state index in [0.717, 1.165) is 5.56 Å². The topological polar surface area (TPSA) is 95.9 Å². The molecule has 0 radical (unpaired) electrons. The summed E-state index contributed by atoms with van der Waals surface area (Å²) in [7, 11) is 0. The SMILES string of the molecule is O=C(NCCCCC(O)C(=O)O)OCc1ccccc1. The van der Waals surface area contributed by atoms with Crippen LogP contribution in [-0.4, -0.2) is 34.9 Å². The van der Waals surface area contributed by atoms with Gasteiger partial charge in [-0.15, -0.1) is 0 Å². The zero-order valence-electron chi connectivity index (χ0n) is 11.1. The molecule has 1 unspecified atom stereocenters. The van der Waals surface area contributed by atoms with E-state index in [-0.39, 0.29) is 13.0 Å². The van der Waals surface area contributed by atoms with Crippen molar-refractivity contribution >= 4 is 12.1 Å². The molecular formula is C14H19NO5. The maximum atomic E-state index is 11.3. The van der Waals surface area contributed by atoms with Crippen molar-refractivity contribution in [2.75, 3.05) is 6.54 Å². The van der Waals surface area contributed by atoms with Gasteiger partial charge in [-0.3, -0.25) is 0 Å². The molecule has 0 heterocycles. The highest BCUT2D eigenvalue weighted by atomic mass is 16.5. The number of carboxylic acids is 1. The predicted molar refractivity (Wildman–Crippen MR) is 72.1 cm³/mol. The van der Waals surface area contributed by atoms with Gasteiger partial charge in [-0.2, -0.15) is 0 Å². The third kappa shape index (κ3) is 6.75. The van der Waals surface area contributed by atoms with Crippen LogP contribution in [0, 0.1) is 0 Å². The number of amides is 1. The zero-order chi connectivity index (χ0) is 14.8. The summed E-state index contributed by atoms with van der Waals surface area (Å²) in [5.41, 5.74) is 0.909. The maximum absolute atomic E-state index is 11.3. The Kier molecular flexibility index (Phi) is 7.13. The van der Waals surface area contributed by atoms with Gasteiger partial charge in [0.05, 0.1) is 0 Å². The first-order valence-electron chi connectivity index (χ1n) is 6.45. The summed E-state index contributed by atoms with van der Waals surface area (Å²) in [6.07, 6.45) is -0.555. The van der Waals surface area contributed by atoms with Crippen LogP contribution in [0.5, 0.6) is 0 Å². The predicted octanol–water partition coefficient (Wildman–Crippen LogP) is 1.53. The highest BCUT2D eigenvalue weighted by molar-refractivity contribution is 5.71. The molecule has 1 aromatic rings. The molecule has 1 rings (SSSR count). The lowest BCUT2D eigenvalue weighted by atomic mass is 10.1. The fourth-order valence-corrected chi connectivity index (χ4v) is 1.55. The highest BCUT2D eigenvalue weighted by Gasteiger charge is 2.11. The summed E-state index contributed by atoms with van der Waals surface area (Å²) in [5.74, 6) is -1.22. The number of benzene rings is 1. The molecule has 1 amide bonds. The Hall–Kier alpha value is -2.08. The second-order valence-corrected chi connectivity index (χ2v) is 4.34. The van der Waals surface area contributed by atoms with Gasteiger partial charge in [0.15, 0.2) is 6.10 Å². The molecule has 3 N–H and O–H groups in total. The smallest absolute Gasteiger partial charge is 0.407 e. The van der Waals surface area contributed by atoms with Gasteiger partial charge in [0.2, 0.25) is 0 Å². The van der Waals surface area contributed by atoms with E-state index in [4.69, 9.17) is 14.9 Å². The molecule has 0 fully saturated rings. The number of carbonyl (C=O) groups is 2. The molecule has 0 aliphatic heterocycles. The molecule has 6 nitrogen and oxygen atoms in total. The number of aliphatic carboxylic acids is 1. The Bertz CT molecular complexity index is 421. The van der Waals surface area contributed by atoms with Gasteiger partial charge >= 0.3 is 12.1 Å². The summed E-state index contributed by atoms with van der Waals surface area (Å²) < 4.78 is 5.00. The number of aliphatic hydroxyl groups is 1. The van der Waals surface area contributed by atoms with Gasteiger partial charge in [-0.1, -0.05) is 30.3 Å². The molecule has 1 aromatic carbocycles. The van der Waals surface area contributed by atoms with Crippen molar-refractivity contribution in [3.8, 4) is 0 Å². The van der Waals surface area contributed by atoms with Crippen molar-refractivity contribution in [1.82, 2.24) is 5.32 Å². The van der Waals surface area contributed by atoms with Crippen LogP contribution in [0.2, 0.25) is 0 Å². The van der Waals surface area contributed by atoms with Gasteiger partial charge < -0.3 is 20.3 Å². The highest BCUT2D eigenvalue weighted by Crippen LogP contribution is 2.02. The van der Waals surface area contributed by atoms with Gasteiger partial charge in [0.25, 0.3) is 0 Å². The minimum atomic E-state index is -1.33. The minimum absolute atomic E-state index is 0.177. The number of unbranched alkanes of at least 4 members (excludes halogenated alkanes) is 1. The quantitative estimate of drug-likeness (QED) is 0.628. The normalized spacial score (nSPS) is 11.7. The van der Waals surface area contributed by atoms with Gasteiger partial charge in [-0.25, -0.2) is 9.59 Å². The van der Waals surface area contributed by atoms with E-state index in [1.54, 1.807) is 0 Å². The molecule has 0 aromatic heterocycles. The first-order valence-corrected chi connectivity index (χ1v) is 6.45. The van der Waals surface area contributed by atoms with Crippen molar-refractivity contribution in [3.63, 3.8) is 0 Å². The van der Waals surface area contributed by atoms with Crippen molar-refractivity contribution < 1.29 is 24.5 Å². The van der Waals surface area contributed by atoms with Crippen LogP contribution < -0.4 is 5.32 Å². The number of carbonyl (C=O) groups excluding carboxylic acids is 1. The van der Waals surface area contributed by atoms with E-state index in [1.165, 1.54) is 0 Å². The number of aliphatic hydroxyl groups excluding tert-OH is 1. The number of hydrogen-bond donors (Lipinski definition) is 3. The molecule has 110 valence electrons. The average Bonchev–Trinajstić information content (AvgIpc) is 2.45. The lowest BCUT2D eigenvalue weighted by Crippen LogP contribution is -2.25. The van der Waals surface area contributed by atoms with Crippen LogP contribution in [-0.2, 0) is 16.1 Å². The lowest BCUT2D eigenvalue weighted by Gasteiger charge is -2.08. The standard InChI is InChI=1S/C14H19NO5/c16-12(13(17)18)8-4-5-9-15-14(19)20-10-11-6-2-1-3-7-11/h1-3,6-7,12,16H,4-5,8-10H2,(H,15,19)(H,17,18). The van der Waals surface area contributed by atoms with Gasteiger partial charge in [0, 0.05) is 6.54 Å². The molecule has 20 heavy (non-hydrogen) atoms. The van der Waals surface area contributed by atoms with Crippen LogP contribution in [0.15, 0.2) is 30.3 Å². The van der Waals surface area contributed by atoms with Crippen LogP contribution >= 0.6 is 0 Å². The summed E-state index contributed by atoms with van der Waals surface area (Å²) in [6, 6.07) is 9.34. The number of rotatable bonds is 8. The van der Waals surface area contributed by atoms with Crippen LogP contribution in [0.1, 0.15) is 24.8 Å².